The van der Waals surface area contributed by atoms with Crippen LogP contribution in [0.25, 0.3) is 11.1 Å². The molecule has 0 fully saturated rings. The minimum atomic E-state index is -0.730. The van der Waals surface area contributed by atoms with Crippen LogP contribution in [-0.2, 0) is 6.42 Å². The van der Waals surface area contributed by atoms with Gasteiger partial charge in [-0.15, -0.1) is 0 Å². The van der Waals surface area contributed by atoms with Crippen LogP contribution in [-0.4, -0.2) is 10.1 Å². The fraction of sp³-hybridized carbons (Fsp3) is 0.214. The molecule has 1 unspecified atom stereocenters. The van der Waals surface area contributed by atoms with Gasteiger partial charge in [-0.25, -0.2) is 4.98 Å². The Hall–Kier alpha value is -2.07. The summed E-state index contributed by atoms with van der Waals surface area (Å²) >= 11 is 0. The lowest BCUT2D eigenvalue weighted by molar-refractivity contribution is 0.141. The number of benzene rings is 1. The Labute approximate surface area is 104 Å². The molecule has 18 heavy (non-hydrogen) atoms. The number of aliphatic hydroxyl groups excluding tert-OH is 1. The first-order valence-electron chi connectivity index (χ1n) is 5.81. The van der Waals surface area contributed by atoms with Gasteiger partial charge in [-0.05, 0) is 31.2 Å². The standard InChI is InChI=1S/C14H13NO3/c1-9-6-7-13(17-9)11(16)8-14-15-10-4-2-3-5-12(10)18-14/h2-7,11,16H,8H2,1H3. The van der Waals surface area contributed by atoms with E-state index in [1.807, 2.05) is 37.3 Å². The highest BCUT2D eigenvalue weighted by Crippen LogP contribution is 2.22. The number of aryl methyl sites for hydroxylation is 1. The van der Waals surface area contributed by atoms with Gasteiger partial charge in [0, 0.05) is 0 Å². The lowest BCUT2D eigenvalue weighted by Gasteiger charge is -2.03. The third-order valence-corrected chi connectivity index (χ3v) is 2.80. The first-order chi connectivity index (χ1) is 8.72. The van der Waals surface area contributed by atoms with Crippen molar-refractivity contribution >= 4 is 11.1 Å². The Bertz CT molecular complexity index is 635. The summed E-state index contributed by atoms with van der Waals surface area (Å²) in [6.07, 6.45) is -0.423. The predicted octanol–water partition coefficient (Wildman–Crippen LogP) is 3.01. The largest absolute Gasteiger partial charge is 0.464 e. The summed E-state index contributed by atoms with van der Waals surface area (Å²) in [7, 11) is 0. The Kier molecular flexibility index (Phi) is 2.64. The van der Waals surface area contributed by atoms with Crippen LogP contribution in [0.3, 0.4) is 0 Å². The lowest BCUT2D eigenvalue weighted by atomic mass is 10.2. The second-order valence-electron chi connectivity index (χ2n) is 4.24. The van der Waals surface area contributed by atoms with Crippen molar-refractivity contribution in [3.63, 3.8) is 0 Å². The molecule has 92 valence electrons. The van der Waals surface area contributed by atoms with Crippen molar-refractivity contribution in [1.82, 2.24) is 4.98 Å². The molecule has 0 bridgehead atoms. The van der Waals surface area contributed by atoms with Crippen molar-refractivity contribution in [2.45, 2.75) is 19.4 Å². The summed E-state index contributed by atoms with van der Waals surface area (Å²) in [6, 6.07) is 11.1. The first kappa shape index (κ1) is 11.0. The molecule has 0 spiro atoms. The highest BCUT2D eigenvalue weighted by Gasteiger charge is 2.16. The van der Waals surface area contributed by atoms with Gasteiger partial charge >= 0.3 is 0 Å². The van der Waals surface area contributed by atoms with Crippen molar-refractivity contribution in [2.24, 2.45) is 0 Å². The zero-order chi connectivity index (χ0) is 12.5. The monoisotopic (exact) mass is 243 g/mol. The van der Waals surface area contributed by atoms with Crippen molar-refractivity contribution in [3.8, 4) is 0 Å². The molecule has 3 aromatic rings. The van der Waals surface area contributed by atoms with E-state index in [4.69, 9.17) is 8.83 Å². The number of para-hydroxylation sites is 2. The van der Waals surface area contributed by atoms with E-state index in [0.717, 1.165) is 16.9 Å². The predicted molar refractivity (Wildman–Crippen MR) is 66.1 cm³/mol. The normalized spacial score (nSPS) is 13.0. The minimum Gasteiger partial charge on any atom is -0.464 e. The van der Waals surface area contributed by atoms with E-state index >= 15 is 0 Å². The fourth-order valence-electron chi connectivity index (χ4n) is 1.91. The number of hydrogen-bond acceptors (Lipinski definition) is 4. The van der Waals surface area contributed by atoms with E-state index in [9.17, 15) is 5.11 Å². The maximum atomic E-state index is 10.0. The molecule has 0 saturated carbocycles. The van der Waals surface area contributed by atoms with Crippen molar-refractivity contribution < 1.29 is 13.9 Å². The highest BCUT2D eigenvalue weighted by atomic mass is 16.4. The molecule has 1 N–H and O–H groups in total. The molecule has 2 heterocycles. The molecule has 2 aromatic heterocycles. The van der Waals surface area contributed by atoms with Gasteiger partial charge in [-0.1, -0.05) is 12.1 Å². The van der Waals surface area contributed by atoms with Crippen LogP contribution >= 0.6 is 0 Å². The van der Waals surface area contributed by atoms with Gasteiger partial charge < -0.3 is 13.9 Å². The third-order valence-electron chi connectivity index (χ3n) is 2.80. The molecular weight excluding hydrogens is 230 g/mol. The Morgan fingerprint density at radius 1 is 1.17 bits per heavy atom. The van der Waals surface area contributed by atoms with Crippen molar-refractivity contribution in [2.75, 3.05) is 0 Å². The van der Waals surface area contributed by atoms with Gasteiger partial charge in [0.25, 0.3) is 0 Å². The maximum absolute atomic E-state index is 10.0. The van der Waals surface area contributed by atoms with E-state index < -0.39 is 6.10 Å². The molecule has 0 saturated heterocycles. The lowest BCUT2D eigenvalue weighted by Crippen LogP contribution is -2.00. The molecule has 4 heteroatoms. The molecule has 0 radical (unpaired) electrons. The molecule has 3 rings (SSSR count). The number of nitrogens with zero attached hydrogens (tertiary/aromatic N) is 1. The van der Waals surface area contributed by atoms with E-state index in [1.54, 1.807) is 6.07 Å². The summed E-state index contributed by atoms with van der Waals surface area (Å²) in [5.41, 5.74) is 1.53. The van der Waals surface area contributed by atoms with Gasteiger partial charge in [-0.2, -0.15) is 0 Å². The average Bonchev–Trinajstić information content (AvgIpc) is 2.94. The fourth-order valence-corrected chi connectivity index (χ4v) is 1.91. The number of rotatable bonds is 3. The molecule has 0 aliphatic carbocycles. The number of aromatic nitrogens is 1. The van der Waals surface area contributed by atoms with E-state index in [-0.39, 0.29) is 0 Å². The van der Waals surface area contributed by atoms with Crippen LogP contribution in [0.1, 0.15) is 23.5 Å². The summed E-state index contributed by atoms with van der Waals surface area (Å²) in [5.74, 6) is 1.83. The smallest absolute Gasteiger partial charge is 0.198 e. The molecule has 1 aromatic carbocycles. The second kappa shape index (κ2) is 4.31. The van der Waals surface area contributed by atoms with Gasteiger partial charge in [-0.3, -0.25) is 0 Å². The second-order valence-corrected chi connectivity index (χ2v) is 4.24. The first-order valence-corrected chi connectivity index (χ1v) is 5.81. The number of furan rings is 1. The Morgan fingerprint density at radius 3 is 2.72 bits per heavy atom. The Morgan fingerprint density at radius 2 is 2.00 bits per heavy atom. The molecule has 0 aliphatic heterocycles. The van der Waals surface area contributed by atoms with Crippen LogP contribution in [0.2, 0.25) is 0 Å². The molecule has 4 nitrogen and oxygen atoms in total. The van der Waals surface area contributed by atoms with Crippen LogP contribution < -0.4 is 0 Å². The molecular formula is C14H13NO3. The van der Waals surface area contributed by atoms with Crippen LogP contribution in [0.4, 0.5) is 0 Å². The van der Waals surface area contributed by atoms with E-state index in [2.05, 4.69) is 4.98 Å². The van der Waals surface area contributed by atoms with Crippen LogP contribution in [0.15, 0.2) is 45.2 Å². The molecule has 0 amide bonds. The number of oxazole rings is 1. The third kappa shape index (κ3) is 2.02. The molecule has 1 atom stereocenters. The van der Waals surface area contributed by atoms with E-state index in [1.165, 1.54) is 0 Å². The van der Waals surface area contributed by atoms with Gasteiger partial charge in [0.2, 0.25) is 0 Å². The number of fused-ring (bicyclic) bond motifs is 1. The molecule has 0 aliphatic rings. The Balaban J connectivity index is 1.83. The number of hydrogen-bond donors (Lipinski definition) is 1. The van der Waals surface area contributed by atoms with E-state index in [0.29, 0.717) is 18.1 Å². The minimum absolute atomic E-state index is 0.307. The number of aliphatic hydroxyl groups is 1. The zero-order valence-corrected chi connectivity index (χ0v) is 9.96. The summed E-state index contributed by atoms with van der Waals surface area (Å²) < 4.78 is 10.9. The average molecular weight is 243 g/mol. The van der Waals surface area contributed by atoms with Gasteiger partial charge in [0.15, 0.2) is 11.5 Å². The zero-order valence-electron chi connectivity index (χ0n) is 9.96. The van der Waals surface area contributed by atoms with Gasteiger partial charge in [0.05, 0.1) is 6.42 Å². The topological polar surface area (TPSA) is 59.4 Å². The quantitative estimate of drug-likeness (QED) is 0.768. The maximum Gasteiger partial charge on any atom is 0.198 e. The van der Waals surface area contributed by atoms with Crippen LogP contribution in [0, 0.1) is 6.92 Å². The summed E-state index contributed by atoms with van der Waals surface area (Å²) in [5, 5.41) is 10.0. The highest BCUT2D eigenvalue weighted by molar-refractivity contribution is 5.72. The SMILES string of the molecule is Cc1ccc(C(O)Cc2nc3ccccc3o2)o1. The summed E-state index contributed by atoms with van der Waals surface area (Å²) in [6.45, 7) is 1.84. The van der Waals surface area contributed by atoms with Crippen LogP contribution in [0.5, 0.6) is 0 Å². The van der Waals surface area contributed by atoms with Gasteiger partial charge in [0.1, 0.15) is 23.1 Å². The van der Waals surface area contributed by atoms with Crippen molar-refractivity contribution in [3.05, 3.63) is 53.8 Å². The summed E-state index contributed by atoms with van der Waals surface area (Å²) in [4.78, 5) is 4.32. The van der Waals surface area contributed by atoms with Crippen molar-refractivity contribution in [1.29, 1.82) is 0 Å².